The third-order valence-corrected chi connectivity index (χ3v) is 5.61. The van der Waals surface area contributed by atoms with Gasteiger partial charge in [-0.05, 0) is 37.6 Å². The Morgan fingerprint density at radius 2 is 1.92 bits per heavy atom. The van der Waals surface area contributed by atoms with Crippen LogP contribution in [0.15, 0.2) is 42.5 Å². The topological polar surface area (TPSA) is 42.0 Å². The second-order valence-corrected chi connectivity index (χ2v) is 7.58. The van der Waals surface area contributed by atoms with Crippen LogP contribution < -0.4 is 5.32 Å². The molecule has 1 N–H and O–H groups in total. The molecule has 128 valence electrons. The van der Waals surface area contributed by atoms with Crippen LogP contribution >= 0.6 is 34.5 Å². The second kappa shape index (κ2) is 7.56. The van der Waals surface area contributed by atoms with Crippen LogP contribution in [0.5, 0.6) is 0 Å². The lowest BCUT2D eigenvalue weighted by molar-refractivity contribution is 0.0951. The number of nitrogens with one attached hydrogen (secondary N) is 1. The first-order chi connectivity index (χ1) is 12.0. The molecule has 0 radical (unpaired) electrons. The highest BCUT2D eigenvalue weighted by atomic mass is 35.5. The summed E-state index contributed by atoms with van der Waals surface area (Å²) in [6, 6.07) is 13.0. The summed E-state index contributed by atoms with van der Waals surface area (Å²) in [6.07, 6.45) is 0. The number of carbonyl (C=O) groups is 1. The molecule has 0 aliphatic carbocycles. The van der Waals surface area contributed by atoms with E-state index in [1.54, 1.807) is 29.5 Å². The maximum Gasteiger partial charge on any atom is 0.253 e. The Kier molecular flexibility index (Phi) is 5.42. The summed E-state index contributed by atoms with van der Waals surface area (Å²) in [6.45, 7) is 4.41. The number of hydrogen-bond acceptors (Lipinski definition) is 3. The largest absolute Gasteiger partial charge is 0.347 e. The van der Waals surface area contributed by atoms with E-state index in [0.29, 0.717) is 22.2 Å². The van der Waals surface area contributed by atoms with Gasteiger partial charge < -0.3 is 5.32 Å². The van der Waals surface area contributed by atoms with Crippen molar-refractivity contribution < 1.29 is 4.79 Å². The standard InChI is InChI=1S/C19H16Cl2N2OS/c1-11-5-3-4-6-14(11)19-23-12(2)17(25-19)10-22-18(24)15-9-13(20)7-8-16(15)21/h3-9H,10H2,1-2H3,(H,22,24). The highest BCUT2D eigenvalue weighted by molar-refractivity contribution is 7.15. The fraction of sp³-hybridized carbons (Fsp3) is 0.158. The molecule has 3 aromatic rings. The average Bonchev–Trinajstić information content (AvgIpc) is 2.96. The summed E-state index contributed by atoms with van der Waals surface area (Å²) in [5, 5.41) is 4.71. The molecule has 0 aliphatic rings. The normalized spacial score (nSPS) is 10.7. The quantitative estimate of drug-likeness (QED) is 0.623. The molecule has 0 aliphatic heterocycles. The van der Waals surface area contributed by atoms with Crippen LogP contribution in [0.1, 0.15) is 26.5 Å². The minimum absolute atomic E-state index is 0.252. The summed E-state index contributed by atoms with van der Waals surface area (Å²) in [5.74, 6) is -0.252. The monoisotopic (exact) mass is 390 g/mol. The lowest BCUT2D eigenvalue weighted by atomic mass is 10.1. The molecular weight excluding hydrogens is 375 g/mol. The van der Waals surface area contributed by atoms with Crippen molar-refractivity contribution in [2.45, 2.75) is 20.4 Å². The van der Waals surface area contributed by atoms with Gasteiger partial charge in [-0.15, -0.1) is 11.3 Å². The molecule has 0 unspecified atom stereocenters. The minimum atomic E-state index is -0.252. The Labute approximate surface area is 160 Å². The van der Waals surface area contributed by atoms with Crippen LogP contribution in [0.2, 0.25) is 10.0 Å². The van der Waals surface area contributed by atoms with Crippen molar-refractivity contribution >= 4 is 40.4 Å². The summed E-state index contributed by atoms with van der Waals surface area (Å²) in [7, 11) is 0. The van der Waals surface area contributed by atoms with Gasteiger partial charge in [0.2, 0.25) is 0 Å². The van der Waals surface area contributed by atoms with Crippen LogP contribution in [0.4, 0.5) is 0 Å². The average molecular weight is 391 g/mol. The molecule has 3 nitrogen and oxygen atoms in total. The van der Waals surface area contributed by atoms with E-state index in [0.717, 1.165) is 21.1 Å². The van der Waals surface area contributed by atoms with Crippen molar-refractivity contribution in [2.75, 3.05) is 0 Å². The Hall–Kier alpha value is -1.88. The number of hydrogen-bond donors (Lipinski definition) is 1. The van der Waals surface area contributed by atoms with E-state index in [-0.39, 0.29) is 5.91 Å². The molecule has 25 heavy (non-hydrogen) atoms. The van der Waals surface area contributed by atoms with Crippen molar-refractivity contribution in [3.8, 4) is 10.6 Å². The van der Waals surface area contributed by atoms with Crippen molar-refractivity contribution in [1.82, 2.24) is 10.3 Å². The predicted octanol–water partition coefficient (Wildman–Crippen LogP) is 5.66. The minimum Gasteiger partial charge on any atom is -0.347 e. The zero-order valence-corrected chi connectivity index (χ0v) is 16.1. The number of aromatic nitrogens is 1. The maximum absolute atomic E-state index is 12.4. The summed E-state index contributed by atoms with van der Waals surface area (Å²) in [5.41, 5.74) is 3.58. The zero-order chi connectivity index (χ0) is 18.0. The zero-order valence-electron chi connectivity index (χ0n) is 13.8. The third-order valence-electron chi connectivity index (χ3n) is 3.85. The van der Waals surface area contributed by atoms with Gasteiger partial charge >= 0.3 is 0 Å². The van der Waals surface area contributed by atoms with Gasteiger partial charge in [-0.2, -0.15) is 0 Å². The highest BCUT2D eigenvalue weighted by Crippen LogP contribution is 2.30. The lowest BCUT2D eigenvalue weighted by Crippen LogP contribution is -2.23. The SMILES string of the molecule is Cc1ccccc1-c1nc(C)c(CNC(=O)c2cc(Cl)ccc2Cl)s1. The van der Waals surface area contributed by atoms with Gasteiger partial charge in [0.1, 0.15) is 5.01 Å². The van der Waals surface area contributed by atoms with E-state index < -0.39 is 0 Å². The van der Waals surface area contributed by atoms with Crippen LogP contribution in [-0.4, -0.2) is 10.9 Å². The second-order valence-electron chi connectivity index (χ2n) is 5.65. The number of aryl methyl sites for hydroxylation is 2. The highest BCUT2D eigenvalue weighted by Gasteiger charge is 2.14. The van der Waals surface area contributed by atoms with E-state index in [2.05, 4.69) is 29.4 Å². The summed E-state index contributed by atoms with van der Waals surface area (Å²) < 4.78 is 0. The van der Waals surface area contributed by atoms with Crippen LogP contribution in [0, 0.1) is 13.8 Å². The Balaban J connectivity index is 1.77. The molecular formula is C19H16Cl2N2OS. The summed E-state index contributed by atoms with van der Waals surface area (Å²) in [4.78, 5) is 18.0. The van der Waals surface area contributed by atoms with Gasteiger partial charge in [0.25, 0.3) is 5.91 Å². The lowest BCUT2D eigenvalue weighted by Gasteiger charge is -2.06. The molecule has 1 heterocycles. The first-order valence-corrected chi connectivity index (χ1v) is 9.28. The van der Waals surface area contributed by atoms with Crippen molar-refractivity contribution in [3.05, 3.63) is 74.2 Å². The number of carbonyl (C=O) groups excluding carboxylic acids is 1. The van der Waals surface area contributed by atoms with Gasteiger partial charge in [0.05, 0.1) is 22.8 Å². The van der Waals surface area contributed by atoms with Gasteiger partial charge in [0, 0.05) is 15.5 Å². The van der Waals surface area contributed by atoms with Crippen LogP contribution in [-0.2, 0) is 6.54 Å². The smallest absolute Gasteiger partial charge is 0.253 e. The predicted molar refractivity (Wildman–Crippen MR) is 105 cm³/mol. The molecule has 0 saturated heterocycles. The van der Waals surface area contributed by atoms with Crippen molar-refractivity contribution in [1.29, 1.82) is 0 Å². The van der Waals surface area contributed by atoms with Gasteiger partial charge in [-0.25, -0.2) is 4.98 Å². The molecule has 2 aromatic carbocycles. The Bertz CT molecular complexity index is 937. The van der Waals surface area contributed by atoms with Gasteiger partial charge in [-0.1, -0.05) is 47.5 Å². The van der Waals surface area contributed by atoms with Crippen LogP contribution in [0.25, 0.3) is 10.6 Å². The van der Waals surface area contributed by atoms with Crippen LogP contribution in [0.3, 0.4) is 0 Å². The first-order valence-electron chi connectivity index (χ1n) is 7.71. The molecule has 6 heteroatoms. The first kappa shape index (κ1) is 17.9. The fourth-order valence-electron chi connectivity index (χ4n) is 2.45. The molecule has 1 amide bonds. The number of nitrogens with zero attached hydrogens (tertiary/aromatic N) is 1. The molecule has 1 aromatic heterocycles. The molecule has 0 atom stereocenters. The summed E-state index contributed by atoms with van der Waals surface area (Å²) >= 11 is 13.6. The Morgan fingerprint density at radius 1 is 1.16 bits per heavy atom. The molecule has 0 bridgehead atoms. The number of rotatable bonds is 4. The van der Waals surface area contributed by atoms with Crippen molar-refractivity contribution in [3.63, 3.8) is 0 Å². The molecule has 0 spiro atoms. The Morgan fingerprint density at radius 3 is 2.68 bits per heavy atom. The number of halogens is 2. The third kappa shape index (κ3) is 4.03. The van der Waals surface area contributed by atoms with Gasteiger partial charge in [-0.3, -0.25) is 4.79 Å². The van der Waals surface area contributed by atoms with E-state index in [1.165, 1.54) is 5.56 Å². The van der Waals surface area contributed by atoms with E-state index >= 15 is 0 Å². The maximum atomic E-state index is 12.4. The molecule has 0 saturated carbocycles. The number of thiazole rings is 1. The number of benzene rings is 2. The van der Waals surface area contributed by atoms with Crippen molar-refractivity contribution in [2.24, 2.45) is 0 Å². The van der Waals surface area contributed by atoms with E-state index in [1.807, 2.05) is 19.1 Å². The van der Waals surface area contributed by atoms with E-state index in [4.69, 9.17) is 23.2 Å². The molecule has 0 fully saturated rings. The number of amides is 1. The fourth-order valence-corrected chi connectivity index (χ4v) is 3.92. The molecule has 3 rings (SSSR count). The van der Waals surface area contributed by atoms with Gasteiger partial charge in [0.15, 0.2) is 0 Å². The van der Waals surface area contributed by atoms with E-state index in [9.17, 15) is 4.79 Å².